The second-order valence-electron chi connectivity index (χ2n) is 5.49. The molecule has 0 amide bonds. The molecule has 18 heavy (non-hydrogen) atoms. The lowest BCUT2D eigenvalue weighted by atomic mass is 9.90. The molecule has 2 fully saturated rings. The molecule has 1 N–H and O–H groups in total. The van der Waals surface area contributed by atoms with Crippen LogP contribution in [-0.4, -0.2) is 24.2 Å². The lowest BCUT2D eigenvalue weighted by molar-refractivity contribution is 0.228. The molecule has 0 saturated carbocycles. The van der Waals surface area contributed by atoms with Crippen LogP contribution in [0.1, 0.15) is 31.7 Å². The maximum Gasteiger partial charge on any atom is 0.120 e. The summed E-state index contributed by atoms with van der Waals surface area (Å²) in [6.07, 6.45) is 4.08. The molecule has 98 valence electrons. The third kappa shape index (κ3) is 2.52. The fraction of sp³-hybridized carbons (Fsp3) is 0.600. The molecule has 2 aliphatic heterocycles. The summed E-state index contributed by atoms with van der Waals surface area (Å²) in [4.78, 5) is 0. The van der Waals surface area contributed by atoms with Crippen molar-refractivity contribution in [3.8, 4) is 5.75 Å². The van der Waals surface area contributed by atoms with Crippen molar-refractivity contribution in [1.82, 2.24) is 5.32 Å². The molecule has 0 spiro atoms. The van der Waals surface area contributed by atoms with Crippen LogP contribution in [0.25, 0.3) is 0 Å². The summed E-state index contributed by atoms with van der Waals surface area (Å²) < 4.78 is 6.07. The molecule has 2 saturated heterocycles. The van der Waals surface area contributed by atoms with Crippen molar-refractivity contribution in [2.75, 3.05) is 18.1 Å². The third-order valence-electron chi connectivity index (χ3n) is 4.03. The van der Waals surface area contributed by atoms with E-state index in [0.717, 1.165) is 18.0 Å². The highest BCUT2D eigenvalue weighted by Gasteiger charge is 2.30. The third-order valence-corrected chi connectivity index (χ3v) is 5.16. The van der Waals surface area contributed by atoms with Crippen molar-refractivity contribution in [1.29, 1.82) is 0 Å². The van der Waals surface area contributed by atoms with Gasteiger partial charge in [-0.05, 0) is 56.2 Å². The van der Waals surface area contributed by atoms with Gasteiger partial charge in [0.15, 0.2) is 0 Å². The van der Waals surface area contributed by atoms with E-state index < -0.39 is 0 Å². The van der Waals surface area contributed by atoms with Crippen LogP contribution in [-0.2, 0) is 5.54 Å². The Morgan fingerprint density at radius 3 is 3.11 bits per heavy atom. The van der Waals surface area contributed by atoms with Crippen LogP contribution in [0.4, 0.5) is 0 Å². The van der Waals surface area contributed by atoms with Gasteiger partial charge in [0.2, 0.25) is 0 Å². The van der Waals surface area contributed by atoms with Crippen LogP contribution in [0.2, 0.25) is 0 Å². The van der Waals surface area contributed by atoms with E-state index >= 15 is 0 Å². The minimum atomic E-state index is 0.143. The van der Waals surface area contributed by atoms with E-state index in [-0.39, 0.29) is 5.54 Å². The number of nitrogens with one attached hydrogen (secondary N) is 1. The summed E-state index contributed by atoms with van der Waals surface area (Å²) >= 11 is 1.99. The van der Waals surface area contributed by atoms with E-state index in [0.29, 0.717) is 6.10 Å². The van der Waals surface area contributed by atoms with Crippen LogP contribution in [0.15, 0.2) is 24.3 Å². The molecular formula is C15H21NOS. The van der Waals surface area contributed by atoms with Gasteiger partial charge in [-0.25, -0.2) is 0 Å². The first kappa shape index (κ1) is 12.4. The minimum absolute atomic E-state index is 0.143. The smallest absolute Gasteiger partial charge is 0.120 e. The van der Waals surface area contributed by atoms with Gasteiger partial charge in [0.05, 0.1) is 0 Å². The van der Waals surface area contributed by atoms with Gasteiger partial charge >= 0.3 is 0 Å². The topological polar surface area (TPSA) is 21.3 Å². The molecule has 3 rings (SSSR count). The Bertz CT molecular complexity index is 409. The summed E-state index contributed by atoms with van der Waals surface area (Å²) in [5, 5.41) is 3.61. The second-order valence-corrected chi connectivity index (χ2v) is 6.64. The van der Waals surface area contributed by atoms with E-state index in [1.165, 1.54) is 30.6 Å². The Morgan fingerprint density at radius 1 is 1.44 bits per heavy atom. The normalized spacial score (nSPS) is 31.7. The lowest BCUT2D eigenvalue weighted by Gasteiger charge is -2.25. The Hall–Kier alpha value is -0.670. The van der Waals surface area contributed by atoms with E-state index in [1.54, 1.807) is 0 Å². The first-order valence-corrected chi connectivity index (χ1v) is 8.02. The molecule has 0 aliphatic carbocycles. The Kier molecular flexibility index (Phi) is 3.53. The van der Waals surface area contributed by atoms with Gasteiger partial charge in [0.25, 0.3) is 0 Å². The van der Waals surface area contributed by atoms with Crippen LogP contribution in [0.3, 0.4) is 0 Å². The number of benzene rings is 1. The molecule has 0 radical (unpaired) electrons. The molecule has 3 heteroatoms. The van der Waals surface area contributed by atoms with Crippen molar-refractivity contribution < 1.29 is 4.74 Å². The van der Waals surface area contributed by atoms with Gasteiger partial charge in [-0.3, -0.25) is 0 Å². The highest BCUT2D eigenvalue weighted by atomic mass is 32.2. The van der Waals surface area contributed by atoms with E-state index in [9.17, 15) is 0 Å². The Morgan fingerprint density at radius 2 is 2.39 bits per heavy atom. The predicted octanol–water partition coefficient (Wildman–Crippen LogP) is 3.17. The van der Waals surface area contributed by atoms with Gasteiger partial charge in [-0.1, -0.05) is 12.1 Å². The first-order valence-electron chi connectivity index (χ1n) is 6.86. The fourth-order valence-corrected chi connectivity index (χ4v) is 3.95. The van der Waals surface area contributed by atoms with Gasteiger partial charge in [0, 0.05) is 11.3 Å². The highest BCUT2D eigenvalue weighted by molar-refractivity contribution is 7.99. The van der Waals surface area contributed by atoms with Crippen LogP contribution < -0.4 is 10.1 Å². The monoisotopic (exact) mass is 263 g/mol. The summed E-state index contributed by atoms with van der Waals surface area (Å²) in [5.41, 5.74) is 1.51. The molecule has 0 bridgehead atoms. The predicted molar refractivity (Wildman–Crippen MR) is 77.4 cm³/mol. The zero-order valence-electron chi connectivity index (χ0n) is 10.9. The van der Waals surface area contributed by atoms with Gasteiger partial charge in [0.1, 0.15) is 11.9 Å². The zero-order chi connectivity index (χ0) is 12.4. The van der Waals surface area contributed by atoms with Crippen LogP contribution >= 0.6 is 11.8 Å². The number of ether oxygens (including phenoxy) is 1. The summed E-state index contributed by atoms with van der Waals surface area (Å²) in [6, 6.07) is 8.65. The van der Waals surface area contributed by atoms with Crippen molar-refractivity contribution in [3.05, 3.63) is 29.8 Å². The summed E-state index contributed by atoms with van der Waals surface area (Å²) in [7, 11) is 0. The largest absolute Gasteiger partial charge is 0.490 e. The molecule has 0 aromatic heterocycles. The second kappa shape index (κ2) is 5.14. The highest BCUT2D eigenvalue weighted by Crippen LogP contribution is 2.33. The zero-order valence-corrected chi connectivity index (χ0v) is 11.8. The molecule has 2 atom stereocenters. The standard InChI is InChI=1S/C15H21NOS/c1-15(7-3-8-16-15)12-4-2-5-13(10-12)17-14-6-9-18-11-14/h2,4-5,10,14,16H,3,6-9,11H2,1H3. The van der Waals surface area contributed by atoms with Gasteiger partial charge in [-0.2, -0.15) is 11.8 Å². The van der Waals surface area contributed by atoms with Gasteiger partial charge in [-0.15, -0.1) is 0 Å². The molecule has 2 aliphatic rings. The Balaban J connectivity index is 1.76. The number of rotatable bonds is 3. The van der Waals surface area contributed by atoms with Crippen molar-refractivity contribution in [2.24, 2.45) is 0 Å². The number of hydrogen-bond acceptors (Lipinski definition) is 3. The molecule has 2 unspecified atom stereocenters. The minimum Gasteiger partial charge on any atom is -0.490 e. The van der Waals surface area contributed by atoms with Crippen LogP contribution in [0.5, 0.6) is 5.75 Å². The molecule has 1 aromatic carbocycles. The van der Waals surface area contributed by atoms with Crippen molar-refractivity contribution >= 4 is 11.8 Å². The summed E-state index contributed by atoms with van der Waals surface area (Å²) in [6.45, 7) is 3.42. The van der Waals surface area contributed by atoms with Crippen molar-refractivity contribution in [3.63, 3.8) is 0 Å². The van der Waals surface area contributed by atoms with Gasteiger partial charge < -0.3 is 10.1 Å². The average Bonchev–Trinajstić information content (AvgIpc) is 3.02. The van der Waals surface area contributed by atoms with Crippen molar-refractivity contribution in [2.45, 2.75) is 37.8 Å². The fourth-order valence-electron chi connectivity index (χ4n) is 2.85. The quantitative estimate of drug-likeness (QED) is 0.905. The lowest BCUT2D eigenvalue weighted by Crippen LogP contribution is -2.33. The number of hydrogen-bond donors (Lipinski definition) is 1. The van der Waals surface area contributed by atoms with Crippen LogP contribution in [0, 0.1) is 0 Å². The molecule has 1 aromatic rings. The molecular weight excluding hydrogens is 242 g/mol. The maximum absolute atomic E-state index is 6.07. The van der Waals surface area contributed by atoms with E-state index in [2.05, 4.69) is 36.5 Å². The molecule has 2 nitrogen and oxygen atoms in total. The molecule has 2 heterocycles. The maximum atomic E-state index is 6.07. The van der Waals surface area contributed by atoms with E-state index in [4.69, 9.17) is 4.74 Å². The first-order chi connectivity index (χ1) is 8.76. The SMILES string of the molecule is CC1(c2cccc(OC3CCSC3)c2)CCCN1. The average molecular weight is 263 g/mol. The summed E-state index contributed by atoms with van der Waals surface area (Å²) in [5.74, 6) is 3.42. The Labute approximate surface area is 113 Å². The number of thioether (sulfide) groups is 1. The van der Waals surface area contributed by atoms with E-state index in [1.807, 2.05) is 11.8 Å².